The summed E-state index contributed by atoms with van der Waals surface area (Å²) in [6.45, 7) is 5.46. The Morgan fingerprint density at radius 1 is 1.26 bits per heavy atom. The van der Waals surface area contributed by atoms with Crippen LogP contribution in [0.3, 0.4) is 0 Å². The third-order valence-corrected chi connectivity index (χ3v) is 3.34. The predicted octanol–water partition coefficient (Wildman–Crippen LogP) is 2.06. The summed E-state index contributed by atoms with van der Waals surface area (Å²) in [5, 5.41) is 20.5. The van der Waals surface area contributed by atoms with E-state index in [0.717, 1.165) is 5.56 Å². The van der Waals surface area contributed by atoms with E-state index in [0.29, 0.717) is 0 Å². The molecule has 0 saturated carbocycles. The molecule has 106 valence electrons. The lowest BCUT2D eigenvalue weighted by atomic mass is 9.76. The average Bonchev–Trinajstić information content (AvgIpc) is 2.39. The van der Waals surface area contributed by atoms with Crippen LogP contribution < -0.4 is 0 Å². The molecule has 4 heteroatoms. The van der Waals surface area contributed by atoms with Crippen LogP contribution in [0.25, 0.3) is 0 Å². The van der Waals surface area contributed by atoms with E-state index < -0.39 is 23.6 Å². The summed E-state index contributed by atoms with van der Waals surface area (Å²) in [5.74, 6) is -0.455. The van der Waals surface area contributed by atoms with Gasteiger partial charge in [0.25, 0.3) is 0 Å². The van der Waals surface area contributed by atoms with Gasteiger partial charge in [-0.25, -0.2) is 0 Å². The van der Waals surface area contributed by atoms with E-state index in [4.69, 9.17) is 4.74 Å². The maximum atomic E-state index is 11.4. The van der Waals surface area contributed by atoms with Crippen LogP contribution in [0.5, 0.6) is 0 Å². The van der Waals surface area contributed by atoms with Crippen LogP contribution in [-0.4, -0.2) is 28.9 Å². The van der Waals surface area contributed by atoms with Crippen molar-refractivity contribution in [2.45, 2.75) is 39.4 Å². The Morgan fingerprint density at radius 3 is 2.37 bits per heavy atom. The van der Waals surface area contributed by atoms with Gasteiger partial charge in [-0.05, 0) is 12.5 Å². The van der Waals surface area contributed by atoms with E-state index >= 15 is 0 Å². The lowest BCUT2D eigenvalue weighted by molar-refractivity contribution is -0.149. The number of ether oxygens (including phenoxy) is 1. The molecule has 0 aromatic heterocycles. The topological polar surface area (TPSA) is 66.8 Å². The Labute approximate surface area is 114 Å². The number of hydrogen-bond acceptors (Lipinski definition) is 4. The lowest BCUT2D eigenvalue weighted by Gasteiger charge is -2.35. The minimum absolute atomic E-state index is 0.120. The maximum absolute atomic E-state index is 11.4. The molecule has 0 unspecified atom stereocenters. The first-order valence-corrected chi connectivity index (χ1v) is 6.46. The fourth-order valence-electron chi connectivity index (χ4n) is 1.89. The third-order valence-electron chi connectivity index (χ3n) is 3.34. The molecule has 0 spiro atoms. The lowest BCUT2D eigenvalue weighted by Crippen LogP contribution is -2.37. The molecule has 0 bridgehead atoms. The van der Waals surface area contributed by atoms with Crippen LogP contribution in [-0.2, 0) is 9.53 Å². The first-order chi connectivity index (χ1) is 8.89. The third kappa shape index (κ3) is 4.04. The van der Waals surface area contributed by atoms with Crippen molar-refractivity contribution in [1.29, 1.82) is 0 Å². The van der Waals surface area contributed by atoms with Crippen molar-refractivity contribution in [2.24, 2.45) is 5.41 Å². The summed E-state index contributed by atoms with van der Waals surface area (Å²) < 4.78 is 4.81. The minimum Gasteiger partial charge on any atom is -0.466 e. The summed E-state index contributed by atoms with van der Waals surface area (Å²) in [6.07, 6.45) is -1.94. The molecule has 4 nitrogen and oxygen atoms in total. The van der Waals surface area contributed by atoms with Crippen LogP contribution in [0.4, 0.5) is 0 Å². The first-order valence-electron chi connectivity index (χ1n) is 6.46. The van der Waals surface area contributed by atoms with Gasteiger partial charge in [-0.3, -0.25) is 4.79 Å². The van der Waals surface area contributed by atoms with E-state index in [1.807, 2.05) is 18.2 Å². The predicted molar refractivity (Wildman–Crippen MR) is 72.4 cm³/mol. The molecule has 0 radical (unpaired) electrons. The van der Waals surface area contributed by atoms with Gasteiger partial charge in [0.15, 0.2) is 0 Å². The van der Waals surface area contributed by atoms with Crippen molar-refractivity contribution in [3.63, 3.8) is 0 Å². The van der Waals surface area contributed by atoms with E-state index in [1.165, 1.54) is 0 Å². The Bertz CT molecular complexity index is 400. The summed E-state index contributed by atoms with van der Waals surface area (Å²) in [7, 11) is 0. The molecule has 1 rings (SSSR count). The monoisotopic (exact) mass is 266 g/mol. The second kappa shape index (κ2) is 6.68. The van der Waals surface area contributed by atoms with Gasteiger partial charge in [0.2, 0.25) is 0 Å². The number of carbonyl (C=O) groups is 1. The smallest absolute Gasteiger partial charge is 0.308 e. The molecule has 1 aromatic rings. The maximum Gasteiger partial charge on any atom is 0.308 e. The number of aliphatic hydroxyl groups excluding tert-OH is 2. The van der Waals surface area contributed by atoms with Crippen LogP contribution in [0.15, 0.2) is 30.3 Å². The van der Waals surface area contributed by atoms with Crippen molar-refractivity contribution in [2.75, 3.05) is 6.61 Å². The summed E-state index contributed by atoms with van der Waals surface area (Å²) in [6, 6.07) is 9.10. The van der Waals surface area contributed by atoms with Crippen LogP contribution in [0.1, 0.15) is 38.9 Å². The highest BCUT2D eigenvalue weighted by Crippen LogP contribution is 2.37. The van der Waals surface area contributed by atoms with Crippen LogP contribution in [0.2, 0.25) is 0 Å². The van der Waals surface area contributed by atoms with Crippen LogP contribution >= 0.6 is 0 Å². The minimum atomic E-state index is -0.971. The highest BCUT2D eigenvalue weighted by Gasteiger charge is 2.37. The van der Waals surface area contributed by atoms with E-state index in [2.05, 4.69) is 0 Å². The van der Waals surface area contributed by atoms with Gasteiger partial charge in [0, 0.05) is 5.41 Å². The quantitative estimate of drug-likeness (QED) is 0.773. The molecule has 0 aliphatic carbocycles. The van der Waals surface area contributed by atoms with Gasteiger partial charge in [-0.1, -0.05) is 44.2 Å². The molecular weight excluding hydrogens is 244 g/mol. The van der Waals surface area contributed by atoms with Gasteiger partial charge >= 0.3 is 5.97 Å². The molecule has 0 saturated heterocycles. The number of aliphatic hydroxyl groups is 2. The second-order valence-corrected chi connectivity index (χ2v) is 5.16. The Kier molecular flexibility index (Phi) is 5.51. The molecule has 0 fully saturated rings. The highest BCUT2D eigenvalue weighted by atomic mass is 16.5. The van der Waals surface area contributed by atoms with Crippen molar-refractivity contribution >= 4 is 5.97 Å². The normalized spacial score (nSPS) is 14.8. The Hall–Kier alpha value is -1.39. The zero-order chi connectivity index (χ0) is 14.5. The highest BCUT2D eigenvalue weighted by molar-refractivity contribution is 5.70. The zero-order valence-electron chi connectivity index (χ0n) is 11.7. The van der Waals surface area contributed by atoms with Gasteiger partial charge < -0.3 is 14.9 Å². The van der Waals surface area contributed by atoms with Gasteiger partial charge in [-0.2, -0.15) is 0 Å². The molecule has 0 heterocycles. The fourth-order valence-corrected chi connectivity index (χ4v) is 1.89. The molecular formula is C15H22O4. The van der Waals surface area contributed by atoms with Crippen molar-refractivity contribution in [3.8, 4) is 0 Å². The Balaban J connectivity index is 2.76. The van der Waals surface area contributed by atoms with Gasteiger partial charge in [0.05, 0.1) is 25.2 Å². The zero-order valence-corrected chi connectivity index (χ0v) is 11.7. The van der Waals surface area contributed by atoms with E-state index in [1.54, 1.807) is 32.9 Å². The summed E-state index contributed by atoms with van der Waals surface area (Å²) in [4.78, 5) is 11.4. The summed E-state index contributed by atoms with van der Waals surface area (Å²) in [5.41, 5.74) is -0.121. The number of hydrogen-bond donors (Lipinski definition) is 2. The summed E-state index contributed by atoms with van der Waals surface area (Å²) >= 11 is 0. The number of carbonyl (C=O) groups excluding carboxylic acids is 1. The number of esters is 1. The van der Waals surface area contributed by atoms with E-state index in [9.17, 15) is 15.0 Å². The van der Waals surface area contributed by atoms with Crippen molar-refractivity contribution < 1.29 is 19.7 Å². The first kappa shape index (κ1) is 15.7. The van der Waals surface area contributed by atoms with Crippen molar-refractivity contribution in [3.05, 3.63) is 35.9 Å². The molecule has 1 aromatic carbocycles. The van der Waals surface area contributed by atoms with Gasteiger partial charge in [-0.15, -0.1) is 0 Å². The fraction of sp³-hybridized carbons (Fsp3) is 0.533. The Morgan fingerprint density at radius 2 is 1.84 bits per heavy atom. The van der Waals surface area contributed by atoms with E-state index in [-0.39, 0.29) is 13.0 Å². The number of rotatable bonds is 6. The standard InChI is InChI=1S/C15H22O4/c1-4-19-13(17)10-12(16)15(2,3)14(18)11-8-6-5-7-9-11/h5-9,12,14,16,18H,4,10H2,1-3H3/t12-,14+/m0/s1. The number of benzene rings is 1. The van der Waals surface area contributed by atoms with Crippen molar-refractivity contribution in [1.82, 2.24) is 0 Å². The molecule has 0 aliphatic heterocycles. The van der Waals surface area contributed by atoms with Gasteiger partial charge in [0.1, 0.15) is 0 Å². The SMILES string of the molecule is CCOC(=O)C[C@H](O)C(C)(C)[C@H](O)c1ccccc1. The molecule has 2 atom stereocenters. The molecule has 2 N–H and O–H groups in total. The molecule has 19 heavy (non-hydrogen) atoms. The molecule has 0 aliphatic rings. The average molecular weight is 266 g/mol. The second-order valence-electron chi connectivity index (χ2n) is 5.16. The van der Waals surface area contributed by atoms with Crippen LogP contribution in [0, 0.1) is 5.41 Å². The molecule has 0 amide bonds. The largest absolute Gasteiger partial charge is 0.466 e.